The van der Waals surface area contributed by atoms with Crippen LogP contribution in [-0.2, 0) is 22.6 Å². The van der Waals surface area contributed by atoms with E-state index in [1.165, 1.54) is 12.1 Å². The molecule has 1 unspecified atom stereocenters. The molecule has 1 fully saturated rings. The number of carbonyl (C=O) groups is 1. The molecule has 1 aromatic heterocycles. The molecule has 7 nitrogen and oxygen atoms in total. The molecule has 2 heterocycles. The lowest BCUT2D eigenvalue weighted by atomic mass is 10.2. The van der Waals surface area contributed by atoms with Crippen molar-refractivity contribution in [2.75, 3.05) is 39.8 Å². The fourth-order valence-electron chi connectivity index (χ4n) is 3.50. The second kappa shape index (κ2) is 8.11. The van der Waals surface area contributed by atoms with Gasteiger partial charge < -0.3 is 14.4 Å². The number of aliphatic carboxylic acids is 1. The highest BCUT2D eigenvalue weighted by Gasteiger charge is 2.24. The quantitative estimate of drug-likeness (QED) is 0.801. The van der Waals surface area contributed by atoms with Crippen LogP contribution in [0, 0.1) is 5.82 Å². The number of carboxylic acids is 1. The first kappa shape index (κ1) is 18.8. The highest BCUT2D eigenvalue weighted by molar-refractivity contribution is 5.76. The number of imidazole rings is 1. The molecule has 2 aromatic rings. The van der Waals surface area contributed by atoms with Crippen LogP contribution in [0.5, 0.6) is 0 Å². The number of carboxylic acid groups (broad SMARTS) is 1. The number of rotatable bonds is 7. The number of likely N-dealkylation sites (N-methyl/N-ethyl adjacent to an activating group) is 1. The van der Waals surface area contributed by atoms with Gasteiger partial charge in [0.2, 0.25) is 0 Å². The van der Waals surface area contributed by atoms with Crippen molar-refractivity contribution in [2.45, 2.75) is 26.1 Å². The second-order valence-corrected chi connectivity index (χ2v) is 6.72. The van der Waals surface area contributed by atoms with E-state index in [0.29, 0.717) is 31.8 Å². The molecule has 0 aliphatic carbocycles. The van der Waals surface area contributed by atoms with Crippen LogP contribution >= 0.6 is 0 Å². The van der Waals surface area contributed by atoms with Gasteiger partial charge in [0.15, 0.2) is 0 Å². The van der Waals surface area contributed by atoms with Crippen LogP contribution in [0.25, 0.3) is 11.0 Å². The van der Waals surface area contributed by atoms with Crippen LogP contribution in [0.15, 0.2) is 18.2 Å². The Morgan fingerprint density at radius 1 is 1.50 bits per heavy atom. The number of halogens is 1. The summed E-state index contributed by atoms with van der Waals surface area (Å²) in [7, 11) is 1.78. The Bertz CT molecular complexity index is 779. The van der Waals surface area contributed by atoms with Crippen molar-refractivity contribution in [3.8, 4) is 0 Å². The van der Waals surface area contributed by atoms with E-state index in [9.17, 15) is 9.18 Å². The lowest BCUT2D eigenvalue weighted by molar-refractivity contribution is -0.138. The fourth-order valence-corrected chi connectivity index (χ4v) is 3.50. The molecule has 0 bridgehead atoms. The van der Waals surface area contributed by atoms with Crippen molar-refractivity contribution in [2.24, 2.45) is 0 Å². The topological polar surface area (TPSA) is 70.8 Å². The molecule has 3 rings (SSSR count). The standard InChI is InChI=1S/C18H25FN4O3/c1-3-23-16-5-4-13(19)8-15(16)20-17(23)11-22-6-7-26-14(10-22)9-21(2)12-18(24)25/h4-5,8,14H,3,6-7,9-12H2,1-2H3,(H,24,25). The number of aromatic nitrogens is 2. The van der Waals surface area contributed by atoms with Gasteiger partial charge >= 0.3 is 5.97 Å². The van der Waals surface area contributed by atoms with Crippen molar-refractivity contribution in [3.05, 3.63) is 29.8 Å². The number of hydrogen-bond donors (Lipinski definition) is 1. The molecule has 0 saturated carbocycles. The number of aryl methyl sites for hydroxylation is 1. The lowest BCUT2D eigenvalue weighted by Crippen LogP contribution is -2.47. The number of benzene rings is 1. The zero-order chi connectivity index (χ0) is 18.7. The van der Waals surface area contributed by atoms with Gasteiger partial charge in [0.1, 0.15) is 11.6 Å². The smallest absolute Gasteiger partial charge is 0.317 e. The van der Waals surface area contributed by atoms with Gasteiger partial charge in [0.25, 0.3) is 0 Å². The monoisotopic (exact) mass is 364 g/mol. The Balaban J connectivity index is 1.68. The number of nitrogens with zero attached hydrogens (tertiary/aromatic N) is 4. The molecule has 0 spiro atoms. The lowest BCUT2D eigenvalue weighted by Gasteiger charge is -2.34. The predicted molar refractivity (Wildman–Crippen MR) is 95.5 cm³/mol. The van der Waals surface area contributed by atoms with E-state index in [1.807, 2.05) is 0 Å². The molecule has 1 aliphatic heterocycles. The average Bonchev–Trinajstić information content (AvgIpc) is 2.90. The minimum Gasteiger partial charge on any atom is -0.480 e. The van der Waals surface area contributed by atoms with E-state index >= 15 is 0 Å². The third-order valence-corrected chi connectivity index (χ3v) is 4.61. The van der Waals surface area contributed by atoms with Gasteiger partial charge in [-0.25, -0.2) is 9.37 Å². The van der Waals surface area contributed by atoms with Crippen LogP contribution in [0.3, 0.4) is 0 Å². The molecule has 26 heavy (non-hydrogen) atoms. The summed E-state index contributed by atoms with van der Waals surface area (Å²) >= 11 is 0. The molecule has 8 heteroatoms. The SMILES string of the molecule is CCn1c(CN2CCOC(CN(C)CC(=O)O)C2)nc2cc(F)ccc21. The molecule has 1 atom stereocenters. The molecule has 0 amide bonds. The van der Waals surface area contributed by atoms with Crippen molar-refractivity contribution in [1.82, 2.24) is 19.4 Å². The van der Waals surface area contributed by atoms with Crippen LogP contribution in [-0.4, -0.2) is 76.4 Å². The van der Waals surface area contributed by atoms with Gasteiger partial charge in [-0.3, -0.25) is 14.6 Å². The molecule has 1 saturated heterocycles. The van der Waals surface area contributed by atoms with E-state index in [0.717, 1.165) is 24.4 Å². The summed E-state index contributed by atoms with van der Waals surface area (Å²) in [6, 6.07) is 4.70. The van der Waals surface area contributed by atoms with Crippen LogP contribution < -0.4 is 0 Å². The van der Waals surface area contributed by atoms with Crippen LogP contribution in [0.1, 0.15) is 12.7 Å². The maximum Gasteiger partial charge on any atom is 0.317 e. The summed E-state index contributed by atoms with van der Waals surface area (Å²) in [5, 5.41) is 8.88. The van der Waals surface area contributed by atoms with Crippen molar-refractivity contribution in [1.29, 1.82) is 0 Å². The first-order valence-corrected chi connectivity index (χ1v) is 8.85. The summed E-state index contributed by atoms with van der Waals surface area (Å²) in [5.41, 5.74) is 1.61. The molecule has 1 aliphatic rings. The van der Waals surface area contributed by atoms with Gasteiger partial charge in [0.05, 0.1) is 36.8 Å². The highest BCUT2D eigenvalue weighted by Crippen LogP contribution is 2.19. The van der Waals surface area contributed by atoms with E-state index in [2.05, 4.69) is 21.4 Å². The minimum atomic E-state index is -0.843. The Labute approximate surface area is 152 Å². The van der Waals surface area contributed by atoms with Crippen molar-refractivity contribution >= 4 is 17.0 Å². The Hall–Kier alpha value is -2.03. The number of fused-ring (bicyclic) bond motifs is 1. The summed E-state index contributed by atoms with van der Waals surface area (Å²) in [6.45, 7) is 6.16. The van der Waals surface area contributed by atoms with Gasteiger partial charge in [-0.15, -0.1) is 0 Å². The summed E-state index contributed by atoms with van der Waals surface area (Å²) in [5.74, 6) is -0.214. The first-order chi connectivity index (χ1) is 12.5. The highest BCUT2D eigenvalue weighted by atomic mass is 19.1. The minimum absolute atomic E-state index is 0.00292. The van der Waals surface area contributed by atoms with Crippen molar-refractivity contribution < 1.29 is 19.0 Å². The average molecular weight is 364 g/mol. The van der Waals surface area contributed by atoms with E-state index < -0.39 is 5.97 Å². The van der Waals surface area contributed by atoms with Crippen LogP contribution in [0.4, 0.5) is 4.39 Å². The summed E-state index contributed by atoms with van der Waals surface area (Å²) in [6.07, 6.45) is -0.0370. The predicted octanol–water partition coefficient (Wildman–Crippen LogP) is 1.41. The van der Waals surface area contributed by atoms with Gasteiger partial charge in [0, 0.05) is 32.2 Å². The first-order valence-electron chi connectivity index (χ1n) is 8.85. The van der Waals surface area contributed by atoms with Crippen LogP contribution in [0.2, 0.25) is 0 Å². The van der Waals surface area contributed by atoms with Gasteiger partial charge in [-0.1, -0.05) is 0 Å². The summed E-state index contributed by atoms with van der Waals surface area (Å²) in [4.78, 5) is 19.4. The zero-order valence-electron chi connectivity index (χ0n) is 15.2. The molecular formula is C18H25FN4O3. The Morgan fingerprint density at radius 3 is 3.04 bits per heavy atom. The zero-order valence-corrected chi connectivity index (χ0v) is 15.2. The third-order valence-electron chi connectivity index (χ3n) is 4.61. The Kier molecular flexibility index (Phi) is 5.85. The van der Waals surface area contributed by atoms with E-state index in [1.54, 1.807) is 18.0 Å². The maximum absolute atomic E-state index is 13.5. The largest absolute Gasteiger partial charge is 0.480 e. The van der Waals surface area contributed by atoms with E-state index in [4.69, 9.17) is 9.84 Å². The summed E-state index contributed by atoms with van der Waals surface area (Å²) < 4.78 is 21.4. The molecule has 1 aromatic carbocycles. The number of hydrogen-bond acceptors (Lipinski definition) is 5. The Morgan fingerprint density at radius 2 is 2.31 bits per heavy atom. The fraction of sp³-hybridized carbons (Fsp3) is 0.556. The number of morpholine rings is 1. The number of ether oxygens (including phenoxy) is 1. The van der Waals surface area contributed by atoms with Crippen molar-refractivity contribution in [3.63, 3.8) is 0 Å². The second-order valence-electron chi connectivity index (χ2n) is 6.72. The van der Waals surface area contributed by atoms with E-state index in [-0.39, 0.29) is 18.5 Å². The molecule has 0 radical (unpaired) electrons. The molecule has 142 valence electrons. The molecule has 1 N–H and O–H groups in total. The van der Waals surface area contributed by atoms with Gasteiger partial charge in [-0.05, 0) is 26.1 Å². The normalized spacial score (nSPS) is 18.7. The third kappa shape index (κ3) is 4.38. The van der Waals surface area contributed by atoms with Gasteiger partial charge in [-0.2, -0.15) is 0 Å². The maximum atomic E-state index is 13.5. The molecular weight excluding hydrogens is 339 g/mol.